The molecule has 1 saturated heterocycles. The molecule has 0 saturated carbocycles. The third-order valence-electron chi connectivity index (χ3n) is 10.6. The van der Waals surface area contributed by atoms with Crippen LogP contribution in [0.4, 0.5) is 5.69 Å². The highest BCUT2D eigenvalue weighted by Gasteiger charge is 2.34. The number of piperidine rings is 1. The average molecular weight is 738 g/mol. The highest BCUT2D eigenvalue weighted by atomic mass is 35.5. The molecule has 3 aromatic heterocycles. The Morgan fingerprint density at radius 3 is 2.51 bits per heavy atom. The van der Waals surface area contributed by atoms with Gasteiger partial charge >= 0.3 is 0 Å². The molecule has 0 spiro atoms. The quantitative estimate of drug-likeness (QED) is 0.112. The number of benzene rings is 2. The van der Waals surface area contributed by atoms with Gasteiger partial charge in [0.2, 0.25) is 11.8 Å². The lowest BCUT2D eigenvalue weighted by molar-refractivity contribution is -0.136. The summed E-state index contributed by atoms with van der Waals surface area (Å²) in [7, 11) is 0. The number of hydrogen-bond acceptors (Lipinski definition) is 8. The molecule has 0 atom stereocenters. The van der Waals surface area contributed by atoms with Crippen molar-refractivity contribution in [1.82, 2.24) is 29.0 Å². The first-order chi connectivity index (χ1) is 25.7. The Balaban J connectivity index is 0.843. The maximum absolute atomic E-state index is 13.3. The lowest BCUT2D eigenvalue weighted by Crippen LogP contribution is -2.49. The molecule has 1 aliphatic heterocycles. The zero-order chi connectivity index (χ0) is 37.0. The van der Waals surface area contributed by atoms with E-state index in [0.717, 1.165) is 59.3 Å². The number of ketones is 1. The lowest BCUT2D eigenvalue weighted by Gasteiger charge is -2.38. The van der Waals surface area contributed by atoms with Gasteiger partial charge in [-0.3, -0.25) is 28.7 Å². The number of Topliss-reactive ketones (excluding diaryl/α,β-unsaturated/α-hetero) is 1. The minimum Gasteiger partial charge on any atom is -0.388 e. The molecule has 0 bridgehead atoms. The van der Waals surface area contributed by atoms with Crippen molar-refractivity contribution in [3.63, 3.8) is 0 Å². The van der Waals surface area contributed by atoms with Gasteiger partial charge in [-0.05, 0) is 81.2 Å². The number of pyridine rings is 1. The number of nitrogens with zero attached hydrogens (tertiary/aromatic N) is 6. The van der Waals surface area contributed by atoms with Crippen molar-refractivity contribution in [3.8, 4) is 0 Å². The Labute approximate surface area is 312 Å². The van der Waals surface area contributed by atoms with Crippen molar-refractivity contribution in [2.45, 2.75) is 95.7 Å². The molecule has 53 heavy (non-hydrogen) atoms. The van der Waals surface area contributed by atoms with Crippen LogP contribution in [0.5, 0.6) is 0 Å². The molecule has 276 valence electrons. The smallest absolute Gasteiger partial charge is 0.261 e. The number of imidazole rings is 1. The van der Waals surface area contributed by atoms with E-state index in [9.17, 15) is 24.3 Å². The number of aryl methyl sites for hydroxylation is 2. The molecule has 1 aliphatic carbocycles. The monoisotopic (exact) mass is 737 g/mol. The Hall–Kier alpha value is -4.94. The largest absolute Gasteiger partial charge is 0.388 e. The highest BCUT2D eigenvalue weighted by molar-refractivity contribution is 6.36. The summed E-state index contributed by atoms with van der Waals surface area (Å²) in [5.41, 5.74) is 3.18. The molecule has 5 aromatic rings. The van der Waals surface area contributed by atoms with Gasteiger partial charge in [-0.2, -0.15) is 0 Å². The molecule has 4 heterocycles. The van der Waals surface area contributed by atoms with Crippen molar-refractivity contribution < 1.29 is 19.5 Å². The van der Waals surface area contributed by atoms with Crippen molar-refractivity contribution in [3.05, 3.63) is 93.6 Å². The van der Waals surface area contributed by atoms with Gasteiger partial charge in [0, 0.05) is 73.6 Å². The number of carbonyl (C=O) groups excluding carboxylic acids is 3. The van der Waals surface area contributed by atoms with Gasteiger partial charge in [0.05, 0.1) is 46.2 Å². The standard InChI is InChI=1S/C40H44ClN7O5/c41-38-29-6-4-5-7-32(29)45-34-22-27(10-12-30(34)38)35(49)8-2-1-3-9-37(51)47-19-15-40(53,16-20-47)24-48-26-43-33-23-28(11-13-31(33)39(48)52)44-36(50)14-18-46-21-17-42-25-46/h10-13,17,21-23,25-26,53H,1-9,14-16,18-20,24H2,(H,44,50). The molecule has 2 N–H and O–H groups in total. The Morgan fingerprint density at radius 1 is 0.906 bits per heavy atom. The molecular weight excluding hydrogens is 694 g/mol. The third-order valence-corrected chi connectivity index (χ3v) is 11.0. The topological polar surface area (TPSA) is 152 Å². The predicted octanol–water partition coefficient (Wildman–Crippen LogP) is 5.89. The van der Waals surface area contributed by atoms with E-state index in [1.54, 1.807) is 41.8 Å². The molecule has 1 fully saturated rings. The fraction of sp³-hybridized carbons (Fsp3) is 0.425. The van der Waals surface area contributed by atoms with Crippen LogP contribution < -0.4 is 10.9 Å². The van der Waals surface area contributed by atoms with E-state index < -0.39 is 5.60 Å². The van der Waals surface area contributed by atoms with Crippen molar-refractivity contribution >= 4 is 56.7 Å². The van der Waals surface area contributed by atoms with Crippen LogP contribution in [0.1, 0.15) is 85.8 Å². The molecule has 0 unspecified atom stereocenters. The fourth-order valence-corrected chi connectivity index (χ4v) is 7.81. The van der Waals surface area contributed by atoms with Crippen LogP contribution in [0.3, 0.4) is 0 Å². The van der Waals surface area contributed by atoms with Gasteiger partial charge in [-0.1, -0.05) is 30.2 Å². The second-order valence-corrected chi connectivity index (χ2v) is 14.8. The summed E-state index contributed by atoms with van der Waals surface area (Å²) in [4.78, 5) is 66.7. The number of carbonyl (C=O) groups is 3. The van der Waals surface area contributed by atoms with E-state index in [1.165, 1.54) is 10.9 Å². The van der Waals surface area contributed by atoms with Gasteiger partial charge in [-0.15, -0.1) is 0 Å². The second-order valence-electron chi connectivity index (χ2n) is 14.4. The molecule has 2 aliphatic rings. The van der Waals surface area contributed by atoms with Crippen LogP contribution in [0.15, 0.2) is 66.2 Å². The molecule has 2 aromatic carbocycles. The first-order valence-electron chi connectivity index (χ1n) is 18.5. The molecule has 12 nitrogen and oxygen atoms in total. The number of aromatic nitrogens is 5. The number of likely N-dealkylation sites (tertiary alicyclic amines) is 1. The van der Waals surface area contributed by atoms with E-state index in [-0.39, 0.29) is 36.1 Å². The van der Waals surface area contributed by atoms with Gasteiger partial charge in [-0.25, -0.2) is 9.97 Å². The number of nitrogens with one attached hydrogen (secondary N) is 1. The van der Waals surface area contributed by atoms with Crippen LogP contribution in [0, 0.1) is 0 Å². The second kappa shape index (κ2) is 16.0. The van der Waals surface area contributed by atoms with Crippen molar-refractivity contribution in [1.29, 1.82) is 0 Å². The zero-order valence-electron chi connectivity index (χ0n) is 29.7. The van der Waals surface area contributed by atoms with Gasteiger partial charge < -0.3 is 19.9 Å². The number of aliphatic hydroxyl groups is 1. The Bertz CT molecular complexity index is 2210. The summed E-state index contributed by atoms with van der Waals surface area (Å²) in [5, 5.41) is 16.3. The maximum Gasteiger partial charge on any atom is 0.261 e. The van der Waals surface area contributed by atoms with E-state index in [2.05, 4.69) is 15.3 Å². The van der Waals surface area contributed by atoms with E-state index in [0.29, 0.717) is 80.3 Å². The van der Waals surface area contributed by atoms with Crippen molar-refractivity contribution in [2.24, 2.45) is 0 Å². The van der Waals surface area contributed by atoms with Crippen LogP contribution in [-0.4, -0.2) is 70.4 Å². The minimum atomic E-state index is -1.15. The summed E-state index contributed by atoms with van der Waals surface area (Å²) in [6.45, 7) is 1.37. The lowest BCUT2D eigenvalue weighted by atomic mass is 9.91. The number of hydrogen-bond donors (Lipinski definition) is 2. The SMILES string of the molecule is O=C(CCn1ccnc1)Nc1ccc2c(=O)n(CC3(O)CCN(C(=O)CCCCCC(=O)c4ccc5c(Cl)c6c(nc5c4)CCCC6)CC3)cnc2c1. The number of fused-ring (bicyclic) bond motifs is 3. The minimum absolute atomic E-state index is 0.0355. The molecule has 7 rings (SSSR count). The number of rotatable bonds is 13. The van der Waals surface area contributed by atoms with Crippen LogP contribution in [0.2, 0.25) is 5.02 Å². The number of halogens is 1. The van der Waals surface area contributed by atoms with Gasteiger partial charge in [0.1, 0.15) is 0 Å². The van der Waals surface area contributed by atoms with Gasteiger partial charge in [0.15, 0.2) is 5.78 Å². The van der Waals surface area contributed by atoms with Gasteiger partial charge in [0.25, 0.3) is 5.56 Å². The van der Waals surface area contributed by atoms with Crippen molar-refractivity contribution in [2.75, 3.05) is 18.4 Å². The van der Waals surface area contributed by atoms with Crippen LogP contribution in [0.25, 0.3) is 21.8 Å². The normalized spacial score (nSPS) is 15.4. The third kappa shape index (κ3) is 8.49. The zero-order valence-corrected chi connectivity index (χ0v) is 30.5. The molecule has 2 amide bonds. The number of amides is 2. The number of unbranched alkanes of at least 4 members (excludes halogenated alkanes) is 2. The summed E-state index contributed by atoms with van der Waals surface area (Å²) in [6, 6.07) is 10.6. The summed E-state index contributed by atoms with van der Waals surface area (Å²) >= 11 is 6.70. The summed E-state index contributed by atoms with van der Waals surface area (Å²) in [6.07, 6.45) is 14.5. The Morgan fingerprint density at radius 2 is 1.70 bits per heavy atom. The first-order valence-corrected chi connectivity index (χ1v) is 18.9. The van der Waals surface area contributed by atoms with E-state index in [4.69, 9.17) is 16.6 Å². The van der Waals surface area contributed by atoms with E-state index >= 15 is 0 Å². The van der Waals surface area contributed by atoms with E-state index in [1.807, 2.05) is 22.8 Å². The molecular formula is C40H44ClN7O5. The Kier molecular flexibility index (Phi) is 11.0. The first kappa shape index (κ1) is 36.4. The summed E-state index contributed by atoms with van der Waals surface area (Å²) < 4.78 is 3.24. The predicted molar refractivity (Wildman–Crippen MR) is 203 cm³/mol. The highest BCUT2D eigenvalue weighted by Crippen LogP contribution is 2.33. The average Bonchev–Trinajstić information content (AvgIpc) is 3.69. The molecule has 0 radical (unpaired) electrons. The maximum atomic E-state index is 13.3. The number of anilines is 1. The fourth-order valence-electron chi connectivity index (χ4n) is 7.45. The molecule has 13 heteroatoms. The van der Waals surface area contributed by atoms with Crippen LogP contribution >= 0.6 is 11.6 Å². The summed E-state index contributed by atoms with van der Waals surface area (Å²) in [5.74, 6) is -0.0607. The van der Waals surface area contributed by atoms with Crippen LogP contribution in [-0.2, 0) is 35.5 Å².